The van der Waals surface area contributed by atoms with E-state index < -0.39 is 28.6 Å². The lowest BCUT2D eigenvalue weighted by Gasteiger charge is -2.35. The summed E-state index contributed by atoms with van der Waals surface area (Å²) in [4.78, 5) is 11.9. The summed E-state index contributed by atoms with van der Waals surface area (Å²) in [7, 11) is 0. The highest BCUT2D eigenvalue weighted by Gasteiger charge is 2.40. The Labute approximate surface area is 141 Å². The van der Waals surface area contributed by atoms with Gasteiger partial charge in [-0.15, -0.1) is 4.72 Å². The molecule has 7 heteroatoms. The number of halogens is 2. The SMILES string of the molecule is CC(C)OC(=O)[C@H]1CC[C@H]([C@H](N[S@@+]([O-])C(C)(C)C)C(F)F)CC1. The van der Waals surface area contributed by atoms with E-state index in [1.165, 1.54) is 0 Å². The van der Waals surface area contributed by atoms with Crippen LogP contribution >= 0.6 is 0 Å². The maximum atomic E-state index is 13.4. The number of alkyl halides is 2. The van der Waals surface area contributed by atoms with Crippen molar-refractivity contribution in [2.24, 2.45) is 11.8 Å². The van der Waals surface area contributed by atoms with Crippen molar-refractivity contribution >= 4 is 17.3 Å². The Morgan fingerprint density at radius 1 is 1.22 bits per heavy atom. The van der Waals surface area contributed by atoms with Crippen molar-refractivity contribution in [1.29, 1.82) is 0 Å². The Bertz CT molecular complexity index is 380. The third kappa shape index (κ3) is 6.55. The molecule has 0 aromatic heterocycles. The minimum atomic E-state index is -2.58. The summed E-state index contributed by atoms with van der Waals surface area (Å²) >= 11 is -1.54. The summed E-state index contributed by atoms with van der Waals surface area (Å²) in [5.74, 6) is -0.720. The third-order valence-corrected chi connectivity index (χ3v) is 5.63. The van der Waals surface area contributed by atoms with Crippen LogP contribution in [-0.4, -0.2) is 33.8 Å². The van der Waals surface area contributed by atoms with E-state index >= 15 is 0 Å². The Balaban J connectivity index is 2.59. The number of hydrogen-bond acceptors (Lipinski definition) is 4. The maximum Gasteiger partial charge on any atom is 0.309 e. The smallest absolute Gasteiger partial charge is 0.309 e. The average Bonchev–Trinajstić information content (AvgIpc) is 2.42. The van der Waals surface area contributed by atoms with Gasteiger partial charge in [0.1, 0.15) is 10.8 Å². The van der Waals surface area contributed by atoms with E-state index in [-0.39, 0.29) is 23.9 Å². The summed E-state index contributed by atoms with van der Waals surface area (Å²) in [6.45, 7) is 8.83. The predicted octanol–water partition coefficient (Wildman–Crippen LogP) is 3.43. The highest BCUT2D eigenvalue weighted by atomic mass is 32.2. The molecule has 1 saturated carbocycles. The molecular formula is C16H29F2NO3S. The number of carbonyl (C=O) groups excluding carboxylic acids is 1. The van der Waals surface area contributed by atoms with Gasteiger partial charge in [-0.25, -0.2) is 8.78 Å². The van der Waals surface area contributed by atoms with Crippen LogP contribution in [0.4, 0.5) is 8.78 Å². The summed E-state index contributed by atoms with van der Waals surface area (Å²) in [5.41, 5.74) is 0. The normalized spacial score (nSPS) is 25.5. The fourth-order valence-electron chi connectivity index (χ4n) is 2.70. The van der Waals surface area contributed by atoms with Crippen molar-refractivity contribution < 1.29 is 22.9 Å². The van der Waals surface area contributed by atoms with E-state index in [2.05, 4.69) is 4.72 Å². The van der Waals surface area contributed by atoms with Crippen molar-refractivity contribution in [2.75, 3.05) is 0 Å². The zero-order chi connectivity index (χ0) is 17.8. The second-order valence-electron chi connectivity index (χ2n) is 7.46. The summed E-state index contributed by atoms with van der Waals surface area (Å²) in [6.07, 6.45) is -0.620. The predicted molar refractivity (Wildman–Crippen MR) is 87.5 cm³/mol. The monoisotopic (exact) mass is 353 g/mol. The molecule has 0 heterocycles. The Kier molecular flexibility index (Phi) is 7.74. The maximum absolute atomic E-state index is 13.4. The van der Waals surface area contributed by atoms with E-state index in [1.807, 2.05) is 0 Å². The van der Waals surface area contributed by atoms with Crippen molar-refractivity contribution in [1.82, 2.24) is 4.72 Å². The highest BCUT2D eigenvalue weighted by Crippen LogP contribution is 2.34. The number of carbonyl (C=O) groups is 1. The second-order valence-corrected chi connectivity index (χ2v) is 9.45. The van der Waals surface area contributed by atoms with Crippen LogP contribution in [0.15, 0.2) is 0 Å². The van der Waals surface area contributed by atoms with Crippen molar-refractivity contribution in [3.8, 4) is 0 Å². The largest absolute Gasteiger partial charge is 0.598 e. The molecule has 0 saturated heterocycles. The van der Waals surface area contributed by atoms with E-state index in [4.69, 9.17) is 4.74 Å². The molecule has 0 amide bonds. The molecule has 1 aliphatic rings. The van der Waals surface area contributed by atoms with Crippen LogP contribution in [0, 0.1) is 11.8 Å². The second kappa shape index (κ2) is 8.62. The van der Waals surface area contributed by atoms with Crippen LogP contribution in [0.1, 0.15) is 60.3 Å². The lowest BCUT2D eigenvalue weighted by atomic mass is 9.79. The van der Waals surface area contributed by atoms with Gasteiger partial charge in [0, 0.05) is 11.4 Å². The molecule has 0 unspecified atom stereocenters. The minimum absolute atomic E-state index is 0.162. The van der Waals surface area contributed by atoms with Crippen LogP contribution in [0.2, 0.25) is 0 Å². The van der Waals surface area contributed by atoms with Gasteiger partial charge in [0.15, 0.2) is 0 Å². The fourth-order valence-corrected chi connectivity index (χ4v) is 3.59. The Morgan fingerprint density at radius 3 is 2.13 bits per heavy atom. The first-order valence-electron chi connectivity index (χ1n) is 8.19. The van der Waals surface area contributed by atoms with Gasteiger partial charge in [-0.1, -0.05) is 0 Å². The van der Waals surface area contributed by atoms with Crippen molar-refractivity contribution in [2.45, 2.75) is 83.6 Å². The molecule has 0 aliphatic heterocycles. The van der Waals surface area contributed by atoms with Gasteiger partial charge in [-0.3, -0.25) is 4.79 Å². The van der Waals surface area contributed by atoms with Crippen LogP contribution < -0.4 is 4.72 Å². The van der Waals surface area contributed by atoms with Gasteiger partial charge in [0.25, 0.3) is 6.43 Å². The first-order chi connectivity index (χ1) is 10.5. The number of rotatable bonds is 6. The van der Waals surface area contributed by atoms with Gasteiger partial charge < -0.3 is 9.29 Å². The number of nitrogens with one attached hydrogen (secondary N) is 1. The number of esters is 1. The zero-order valence-electron chi connectivity index (χ0n) is 14.6. The molecule has 1 N–H and O–H groups in total. The summed E-state index contributed by atoms with van der Waals surface area (Å²) in [5, 5.41) is 0. The van der Waals surface area contributed by atoms with Crippen molar-refractivity contribution in [3.05, 3.63) is 0 Å². The van der Waals surface area contributed by atoms with E-state index in [0.717, 1.165) is 0 Å². The quantitative estimate of drug-likeness (QED) is 0.587. The number of hydrogen-bond donors (Lipinski definition) is 1. The first-order valence-corrected chi connectivity index (χ1v) is 9.34. The van der Waals surface area contributed by atoms with E-state index in [1.54, 1.807) is 34.6 Å². The molecule has 136 valence electrons. The molecule has 2 atom stereocenters. The molecule has 1 rings (SSSR count). The summed E-state index contributed by atoms with van der Waals surface area (Å²) in [6, 6.07) is -1.10. The van der Waals surface area contributed by atoms with E-state index in [9.17, 15) is 18.1 Å². The fraction of sp³-hybridized carbons (Fsp3) is 0.938. The van der Waals surface area contributed by atoms with Crippen LogP contribution in [-0.2, 0) is 20.9 Å². The van der Waals surface area contributed by atoms with Crippen LogP contribution in [0.3, 0.4) is 0 Å². The third-order valence-electron chi connectivity index (χ3n) is 4.04. The first kappa shape index (κ1) is 20.6. The minimum Gasteiger partial charge on any atom is -0.598 e. The Morgan fingerprint density at radius 2 is 1.74 bits per heavy atom. The molecule has 0 aromatic rings. The Hall–Kier alpha value is -0.400. The van der Waals surface area contributed by atoms with Gasteiger partial charge in [-0.05, 0) is 66.2 Å². The molecular weight excluding hydrogens is 324 g/mol. The molecule has 1 aliphatic carbocycles. The van der Waals surface area contributed by atoms with Crippen molar-refractivity contribution in [3.63, 3.8) is 0 Å². The van der Waals surface area contributed by atoms with Crippen LogP contribution in [0.5, 0.6) is 0 Å². The summed E-state index contributed by atoms with van der Waals surface area (Å²) < 4.78 is 46.1. The van der Waals surface area contributed by atoms with E-state index in [0.29, 0.717) is 25.7 Å². The van der Waals surface area contributed by atoms with Crippen LogP contribution in [0.25, 0.3) is 0 Å². The van der Waals surface area contributed by atoms with Gasteiger partial charge in [-0.2, -0.15) is 0 Å². The molecule has 4 nitrogen and oxygen atoms in total. The molecule has 23 heavy (non-hydrogen) atoms. The van der Waals surface area contributed by atoms with Gasteiger partial charge >= 0.3 is 5.97 Å². The zero-order valence-corrected chi connectivity index (χ0v) is 15.4. The molecule has 0 radical (unpaired) electrons. The lowest BCUT2D eigenvalue weighted by Crippen LogP contribution is -2.51. The topological polar surface area (TPSA) is 61.4 Å². The molecule has 0 spiro atoms. The molecule has 1 fully saturated rings. The highest BCUT2D eigenvalue weighted by molar-refractivity contribution is 7.90. The van der Waals surface area contributed by atoms with Gasteiger partial charge in [0.05, 0.1) is 12.0 Å². The average molecular weight is 353 g/mol. The molecule has 0 bridgehead atoms. The molecule has 0 aromatic carbocycles. The lowest BCUT2D eigenvalue weighted by molar-refractivity contribution is -0.154. The number of ether oxygens (including phenoxy) is 1. The standard InChI is InChI=1S/C16H29F2NO3S/c1-10(2)22-15(20)12-8-6-11(7-9-12)13(14(17)18)19-23(21)16(3,4)5/h10-14,19H,6-9H2,1-5H3/t11-,12-,13-,23-/m0/s1. The van der Waals surface area contributed by atoms with Gasteiger partial charge in [0.2, 0.25) is 0 Å².